The molecule has 0 bridgehead atoms. The van der Waals surface area contributed by atoms with Gasteiger partial charge in [0.05, 0.1) is 9.79 Å². The summed E-state index contributed by atoms with van der Waals surface area (Å²) < 4.78 is 56.4. The Hall–Kier alpha value is -3.82. The van der Waals surface area contributed by atoms with E-state index in [1.54, 1.807) is 24.3 Å². The molecule has 4 aromatic carbocycles. The lowest BCUT2D eigenvalue weighted by Crippen LogP contribution is -2.14. The maximum absolute atomic E-state index is 12.7. The molecule has 0 saturated carbocycles. The molecule has 0 aliphatic carbocycles. The first-order valence-electron chi connectivity index (χ1n) is 11.6. The fraction of sp³-hybridized carbons (Fsp3) is 0.143. The van der Waals surface area contributed by atoms with Gasteiger partial charge in [-0.25, -0.2) is 16.8 Å². The Balaban J connectivity index is 1.35. The fourth-order valence-corrected chi connectivity index (χ4v) is 5.58. The number of sulfone groups is 2. The van der Waals surface area contributed by atoms with Gasteiger partial charge in [-0.3, -0.25) is 0 Å². The Morgan fingerprint density at radius 3 is 1.16 bits per heavy atom. The van der Waals surface area contributed by atoms with Crippen LogP contribution in [0, 0.1) is 13.8 Å². The van der Waals surface area contributed by atoms with E-state index in [2.05, 4.69) is 10.6 Å². The second-order valence-electron chi connectivity index (χ2n) is 8.65. The van der Waals surface area contributed by atoms with Gasteiger partial charge < -0.3 is 15.4 Å². The van der Waals surface area contributed by atoms with Crippen LogP contribution in [0.2, 0.25) is 0 Å². The summed E-state index contributed by atoms with van der Waals surface area (Å²) in [6.07, 6.45) is 0. The molecule has 9 heteroatoms. The van der Waals surface area contributed by atoms with Crippen molar-refractivity contribution in [3.8, 4) is 11.5 Å². The summed E-state index contributed by atoms with van der Waals surface area (Å²) in [4.78, 5) is 0.337. The van der Waals surface area contributed by atoms with Crippen molar-refractivity contribution in [1.82, 2.24) is 0 Å². The molecule has 0 spiro atoms. The predicted molar refractivity (Wildman–Crippen MR) is 147 cm³/mol. The number of nitrogens with one attached hydrogen (secondary N) is 2. The van der Waals surface area contributed by atoms with Crippen LogP contribution in [0.15, 0.2) is 107 Å². The van der Waals surface area contributed by atoms with E-state index in [9.17, 15) is 16.8 Å². The third-order valence-electron chi connectivity index (χ3n) is 5.64. The first kappa shape index (κ1) is 26.2. The van der Waals surface area contributed by atoms with E-state index in [-0.39, 0.29) is 21.5 Å². The average Bonchev–Trinajstić information content (AvgIpc) is 2.89. The van der Waals surface area contributed by atoms with Gasteiger partial charge in [0.2, 0.25) is 0 Å². The Labute approximate surface area is 218 Å². The predicted octanol–water partition coefficient (Wildman–Crippen LogP) is 5.78. The summed E-state index contributed by atoms with van der Waals surface area (Å²) in [5.41, 5.74) is 3.64. The van der Waals surface area contributed by atoms with Crippen LogP contribution in [0.4, 0.5) is 11.4 Å². The number of aryl methyl sites for hydroxylation is 2. The third kappa shape index (κ3) is 7.12. The van der Waals surface area contributed by atoms with Crippen molar-refractivity contribution in [2.24, 2.45) is 0 Å². The van der Waals surface area contributed by atoms with Gasteiger partial charge in [-0.15, -0.1) is 0 Å². The van der Waals surface area contributed by atoms with Crippen LogP contribution >= 0.6 is 0 Å². The summed E-state index contributed by atoms with van der Waals surface area (Å²) in [5.74, 6) is 0.403. The largest absolute Gasteiger partial charge is 0.457 e. The van der Waals surface area contributed by atoms with E-state index in [0.29, 0.717) is 11.5 Å². The normalized spacial score (nSPS) is 11.6. The number of benzene rings is 4. The van der Waals surface area contributed by atoms with Crippen molar-refractivity contribution in [3.05, 3.63) is 108 Å². The van der Waals surface area contributed by atoms with E-state index in [4.69, 9.17) is 4.74 Å². The monoisotopic (exact) mass is 536 g/mol. The smallest absolute Gasteiger partial charge is 0.196 e. The Bertz CT molecular complexity index is 1430. The molecule has 4 rings (SSSR count). The summed E-state index contributed by atoms with van der Waals surface area (Å²) in [5, 5.41) is 5.86. The molecule has 0 saturated heterocycles. The second-order valence-corrected chi connectivity index (χ2v) is 12.6. The molecule has 192 valence electrons. The molecule has 0 aliphatic heterocycles. The van der Waals surface area contributed by atoms with Crippen molar-refractivity contribution in [2.75, 3.05) is 22.4 Å². The van der Waals surface area contributed by atoms with Crippen molar-refractivity contribution in [2.45, 2.75) is 23.6 Å². The van der Waals surface area contributed by atoms with Crippen LogP contribution in [-0.2, 0) is 19.7 Å². The minimum Gasteiger partial charge on any atom is -0.457 e. The number of rotatable bonds is 10. The fourth-order valence-electron chi connectivity index (χ4n) is 3.43. The third-order valence-corrected chi connectivity index (χ3v) is 8.67. The topological polar surface area (TPSA) is 102 Å². The molecule has 4 aromatic rings. The van der Waals surface area contributed by atoms with Crippen molar-refractivity contribution < 1.29 is 21.6 Å². The van der Waals surface area contributed by atoms with Crippen molar-refractivity contribution >= 4 is 31.0 Å². The Morgan fingerprint density at radius 2 is 0.838 bits per heavy atom. The average molecular weight is 537 g/mol. The van der Waals surface area contributed by atoms with E-state index in [0.717, 1.165) is 22.5 Å². The number of ether oxygens (including phenoxy) is 1. The second kappa shape index (κ2) is 11.1. The van der Waals surface area contributed by atoms with Crippen LogP contribution in [-0.4, -0.2) is 28.6 Å². The maximum Gasteiger partial charge on any atom is 0.196 e. The highest BCUT2D eigenvalue weighted by molar-refractivity contribution is 7.91. The number of anilines is 2. The molecule has 0 atom stereocenters. The van der Waals surface area contributed by atoms with Gasteiger partial charge in [-0.2, -0.15) is 0 Å². The summed E-state index contributed by atoms with van der Waals surface area (Å²) >= 11 is 0. The molecule has 0 radical (unpaired) electrons. The van der Waals surface area contributed by atoms with Crippen LogP contribution in [0.25, 0.3) is 0 Å². The number of hydrogen-bond donors (Lipinski definition) is 2. The highest BCUT2D eigenvalue weighted by Crippen LogP contribution is 2.25. The zero-order chi connectivity index (χ0) is 26.5. The standard InChI is InChI=1S/C28H28N2O5S2/c1-21-3-7-23(8-4-21)29-19-36(31,32)27-15-11-25(12-16-27)35-26-13-17-28(18-14-26)37(33,34)20-30-24-9-5-22(2)6-10-24/h3-18,29-30H,19-20H2,1-2H3. The molecular weight excluding hydrogens is 508 g/mol. The van der Waals surface area contributed by atoms with Gasteiger partial charge in [-0.05, 0) is 86.6 Å². The highest BCUT2D eigenvalue weighted by atomic mass is 32.2. The lowest BCUT2D eigenvalue weighted by molar-refractivity contribution is 0.481. The molecule has 0 unspecified atom stereocenters. The molecule has 2 N–H and O–H groups in total. The molecule has 0 amide bonds. The van der Waals surface area contributed by atoms with Gasteiger partial charge in [0.15, 0.2) is 19.7 Å². The van der Waals surface area contributed by atoms with Crippen LogP contribution < -0.4 is 15.4 Å². The van der Waals surface area contributed by atoms with E-state index in [1.165, 1.54) is 24.3 Å². The molecule has 0 aromatic heterocycles. The Kier molecular flexibility index (Phi) is 7.85. The van der Waals surface area contributed by atoms with E-state index >= 15 is 0 Å². The molecule has 0 aliphatic rings. The van der Waals surface area contributed by atoms with Crippen LogP contribution in [0.1, 0.15) is 11.1 Å². The van der Waals surface area contributed by atoms with Gasteiger partial charge >= 0.3 is 0 Å². The van der Waals surface area contributed by atoms with Crippen molar-refractivity contribution in [3.63, 3.8) is 0 Å². The lowest BCUT2D eigenvalue weighted by atomic mass is 10.2. The van der Waals surface area contributed by atoms with E-state index in [1.807, 2.05) is 62.4 Å². The zero-order valence-corrected chi connectivity index (χ0v) is 22.1. The van der Waals surface area contributed by atoms with Crippen molar-refractivity contribution in [1.29, 1.82) is 0 Å². The zero-order valence-electron chi connectivity index (χ0n) is 20.5. The molecule has 0 fully saturated rings. The first-order chi connectivity index (χ1) is 17.6. The minimum atomic E-state index is -3.55. The van der Waals surface area contributed by atoms with Gasteiger partial charge in [0.1, 0.15) is 23.3 Å². The summed E-state index contributed by atoms with van der Waals surface area (Å²) in [6, 6.07) is 27.2. The quantitative estimate of drug-likeness (QED) is 0.265. The molecule has 7 nitrogen and oxygen atoms in total. The number of hydrogen-bond acceptors (Lipinski definition) is 7. The van der Waals surface area contributed by atoms with Gasteiger partial charge in [-0.1, -0.05) is 35.4 Å². The SMILES string of the molecule is Cc1ccc(NCS(=O)(=O)c2ccc(Oc3ccc(S(=O)(=O)CNc4ccc(C)cc4)cc3)cc2)cc1. The van der Waals surface area contributed by atoms with Gasteiger partial charge in [0, 0.05) is 11.4 Å². The lowest BCUT2D eigenvalue weighted by Gasteiger charge is -2.11. The molecule has 0 heterocycles. The van der Waals surface area contributed by atoms with Crippen LogP contribution in [0.5, 0.6) is 11.5 Å². The maximum atomic E-state index is 12.7. The van der Waals surface area contributed by atoms with Crippen LogP contribution in [0.3, 0.4) is 0 Å². The van der Waals surface area contributed by atoms with Gasteiger partial charge in [0.25, 0.3) is 0 Å². The summed E-state index contributed by atoms with van der Waals surface area (Å²) in [6.45, 7) is 3.93. The molecule has 37 heavy (non-hydrogen) atoms. The first-order valence-corrected chi connectivity index (χ1v) is 14.9. The minimum absolute atomic E-state index is 0.168. The van der Waals surface area contributed by atoms with E-state index < -0.39 is 19.7 Å². The summed E-state index contributed by atoms with van der Waals surface area (Å²) in [7, 11) is -7.09. The molecular formula is C28H28N2O5S2. The Morgan fingerprint density at radius 1 is 0.514 bits per heavy atom. The highest BCUT2D eigenvalue weighted by Gasteiger charge is 2.16.